The molecule has 1 aliphatic heterocycles. The lowest BCUT2D eigenvalue weighted by Crippen LogP contribution is -2.18. The molecule has 1 fully saturated rings. The minimum Gasteiger partial charge on any atom is -0.497 e. The molecule has 1 aromatic rings. The van der Waals surface area contributed by atoms with E-state index in [1.165, 1.54) is 0 Å². The van der Waals surface area contributed by atoms with Gasteiger partial charge in [0, 0.05) is 0 Å². The Morgan fingerprint density at radius 3 is 2.85 bits per heavy atom. The third-order valence-electron chi connectivity index (χ3n) is 2.96. The van der Waals surface area contributed by atoms with Crippen molar-refractivity contribution in [2.45, 2.75) is 12.5 Å². The van der Waals surface area contributed by atoms with Crippen LogP contribution in [0, 0.1) is 11.8 Å². The average molecular weight is 315 g/mol. The Morgan fingerprint density at radius 1 is 1.45 bits per heavy atom. The number of sulfone groups is 1. The molecular weight excluding hydrogens is 300 g/mol. The first kappa shape index (κ1) is 15.0. The van der Waals surface area contributed by atoms with Crippen LogP contribution in [0.5, 0.6) is 11.5 Å². The molecule has 0 bridgehead atoms. The lowest BCUT2D eigenvalue weighted by Gasteiger charge is -2.14. The molecule has 1 saturated heterocycles. The largest absolute Gasteiger partial charge is 0.497 e. The summed E-state index contributed by atoms with van der Waals surface area (Å²) in [6, 6.07) is 5.24. The third-order valence-corrected chi connectivity index (χ3v) is 4.83. The molecule has 1 unspecified atom stereocenters. The van der Waals surface area contributed by atoms with Crippen molar-refractivity contribution < 1.29 is 17.9 Å². The normalized spacial score (nSPS) is 20.0. The second kappa shape index (κ2) is 6.38. The van der Waals surface area contributed by atoms with Gasteiger partial charge in [-0.05, 0) is 24.6 Å². The molecule has 20 heavy (non-hydrogen) atoms. The monoisotopic (exact) mass is 314 g/mol. The van der Waals surface area contributed by atoms with E-state index < -0.39 is 9.84 Å². The number of halogens is 1. The van der Waals surface area contributed by atoms with E-state index in [9.17, 15) is 8.42 Å². The quantitative estimate of drug-likeness (QED) is 0.631. The zero-order valence-corrected chi connectivity index (χ0v) is 12.6. The first-order valence-electron chi connectivity index (χ1n) is 6.14. The minimum absolute atomic E-state index is 0.0569. The van der Waals surface area contributed by atoms with Gasteiger partial charge in [-0.2, -0.15) is 0 Å². The van der Waals surface area contributed by atoms with Crippen molar-refractivity contribution in [3.05, 3.63) is 23.8 Å². The lowest BCUT2D eigenvalue weighted by molar-refractivity contribution is 0.228. The fraction of sp³-hybridized carbons (Fsp3) is 0.429. The Morgan fingerprint density at radius 2 is 2.25 bits per heavy atom. The molecule has 0 N–H and O–H groups in total. The number of hydrogen-bond donors (Lipinski definition) is 0. The maximum absolute atomic E-state index is 11.4. The van der Waals surface area contributed by atoms with E-state index in [1.54, 1.807) is 25.3 Å². The van der Waals surface area contributed by atoms with E-state index >= 15 is 0 Å². The average Bonchev–Trinajstić information content (AvgIpc) is 2.77. The van der Waals surface area contributed by atoms with Gasteiger partial charge in [-0.15, -0.1) is 11.6 Å². The van der Waals surface area contributed by atoms with E-state index in [4.69, 9.17) is 21.1 Å². The van der Waals surface area contributed by atoms with Crippen LogP contribution in [0.15, 0.2) is 18.2 Å². The molecule has 0 saturated carbocycles. The van der Waals surface area contributed by atoms with Gasteiger partial charge in [-0.3, -0.25) is 0 Å². The van der Waals surface area contributed by atoms with E-state index in [-0.39, 0.29) is 23.5 Å². The second-order valence-electron chi connectivity index (χ2n) is 4.44. The highest BCUT2D eigenvalue weighted by Crippen LogP contribution is 2.26. The fourth-order valence-corrected chi connectivity index (χ4v) is 3.66. The van der Waals surface area contributed by atoms with Gasteiger partial charge in [-0.1, -0.05) is 11.8 Å². The summed E-state index contributed by atoms with van der Waals surface area (Å²) in [5.74, 6) is 7.33. The van der Waals surface area contributed by atoms with Crippen molar-refractivity contribution in [3.8, 4) is 23.3 Å². The Balaban J connectivity index is 2.22. The van der Waals surface area contributed by atoms with Gasteiger partial charge in [0.05, 0.1) is 30.1 Å². The summed E-state index contributed by atoms with van der Waals surface area (Å²) in [6.07, 6.45) is 0.196. The Hall–Kier alpha value is -1.38. The van der Waals surface area contributed by atoms with Crippen LogP contribution in [0.4, 0.5) is 0 Å². The lowest BCUT2D eigenvalue weighted by atomic mass is 10.2. The third kappa shape index (κ3) is 3.81. The number of methoxy groups -OCH3 is 1. The standard InChI is InChI=1S/C14H15ClO4S/c1-18-12-4-5-14(11(9-12)3-2-7-15)19-13-6-8-20(16,17)10-13/h4-5,9,13H,6-8,10H2,1H3. The Kier molecular flexibility index (Phi) is 4.79. The van der Waals surface area contributed by atoms with Crippen LogP contribution in [-0.4, -0.2) is 39.0 Å². The predicted molar refractivity (Wildman–Crippen MR) is 78.3 cm³/mol. The molecule has 0 spiro atoms. The van der Waals surface area contributed by atoms with Crippen LogP contribution < -0.4 is 9.47 Å². The number of benzene rings is 1. The molecule has 2 rings (SSSR count). The molecule has 108 valence electrons. The zero-order chi connectivity index (χ0) is 14.6. The van der Waals surface area contributed by atoms with Crippen molar-refractivity contribution in [2.24, 2.45) is 0 Å². The van der Waals surface area contributed by atoms with E-state index in [0.29, 0.717) is 23.5 Å². The van der Waals surface area contributed by atoms with Crippen LogP contribution in [0.25, 0.3) is 0 Å². The predicted octanol–water partition coefficient (Wildman–Crippen LogP) is 1.85. The molecule has 1 heterocycles. The molecule has 6 heteroatoms. The molecule has 0 amide bonds. The van der Waals surface area contributed by atoms with Crippen LogP contribution in [0.2, 0.25) is 0 Å². The fourth-order valence-electron chi connectivity index (χ4n) is 2.00. The van der Waals surface area contributed by atoms with Crippen molar-refractivity contribution in [2.75, 3.05) is 24.5 Å². The van der Waals surface area contributed by atoms with Crippen LogP contribution in [0.1, 0.15) is 12.0 Å². The van der Waals surface area contributed by atoms with Crippen LogP contribution in [0.3, 0.4) is 0 Å². The summed E-state index contributed by atoms with van der Waals surface area (Å²) in [6.45, 7) is 0. The summed E-state index contributed by atoms with van der Waals surface area (Å²) >= 11 is 5.56. The Bertz CT molecular complexity index is 643. The highest BCUT2D eigenvalue weighted by Gasteiger charge is 2.29. The number of alkyl halides is 1. The van der Waals surface area contributed by atoms with E-state index in [0.717, 1.165) is 0 Å². The van der Waals surface area contributed by atoms with Gasteiger partial charge in [-0.25, -0.2) is 8.42 Å². The van der Waals surface area contributed by atoms with Gasteiger partial charge in [0.15, 0.2) is 9.84 Å². The summed E-state index contributed by atoms with van der Waals surface area (Å²) in [7, 11) is -1.40. The van der Waals surface area contributed by atoms with E-state index in [2.05, 4.69) is 11.8 Å². The van der Waals surface area contributed by atoms with Crippen molar-refractivity contribution in [1.82, 2.24) is 0 Å². The Labute approximate surface area is 124 Å². The van der Waals surface area contributed by atoms with Gasteiger partial charge >= 0.3 is 0 Å². The summed E-state index contributed by atoms with van der Waals surface area (Å²) in [5.41, 5.74) is 0.647. The molecule has 4 nitrogen and oxygen atoms in total. The molecule has 0 radical (unpaired) electrons. The SMILES string of the molecule is COc1ccc(OC2CCS(=O)(=O)C2)c(C#CCCl)c1. The van der Waals surface area contributed by atoms with Gasteiger partial charge < -0.3 is 9.47 Å². The highest BCUT2D eigenvalue weighted by molar-refractivity contribution is 7.91. The maximum atomic E-state index is 11.4. The molecule has 0 aromatic heterocycles. The van der Waals surface area contributed by atoms with Gasteiger partial charge in [0.2, 0.25) is 0 Å². The maximum Gasteiger partial charge on any atom is 0.154 e. The smallest absolute Gasteiger partial charge is 0.154 e. The molecule has 1 aliphatic rings. The zero-order valence-electron chi connectivity index (χ0n) is 11.1. The minimum atomic E-state index is -2.97. The topological polar surface area (TPSA) is 52.6 Å². The molecule has 0 aliphatic carbocycles. The highest BCUT2D eigenvalue weighted by atomic mass is 35.5. The van der Waals surface area contributed by atoms with Crippen molar-refractivity contribution in [3.63, 3.8) is 0 Å². The molecular formula is C14H15ClO4S. The van der Waals surface area contributed by atoms with E-state index in [1.807, 2.05) is 0 Å². The first-order valence-corrected chi connectivity index (χ1v) is 8.49. The first-order chi connectivity index (χ1) is 9.54. The number of rotatable bonds is 3. The van der Waals surface area contributed by atoms with Crippen LogP contribution >= 0.6 is 11.6 Å². The molecule has 1 aromatic carbocycles. The second-order valence-corrected chi connectivity index (χ2v) is 6.94. The van der Waals surface area contributed by atoms with Gasteiger partial charge in [0.25, 0.3) is 0 Å². The van der Waals surface area contributed by atoms with Crippen molar-refractivity contribution >= 4 is 21.4 Å². The van der Waals surface area contributed by atoms with Gasteiger partial charge in [0.1, 0.15) is 17.6 Å². The number of hydrogen-bond acceptors (Lipinski definition) is 4. The van der Waals surface area contributed by atoms with Crippen LogP contribution in [-0.2, 0) is 9.84 Å². The summed E-state index contributed by atoms with van der Waals surface area (Å²) in [5, 5.41) is 0. The summed E-state index contributed by atoms with van der Waals surface area (Å²) < 4.78 is 33.8. The molecule has 1 atom stereocenters. The summed E-state index contributed by atoms with van der Waals surface area (Å²) in [4.78, 5) is 0. The number of ether oxygens (including phenoxy) is 2. The van der Waals surface area contributed by atoms with Crippen molar-refractivity contribution in [1.29, 1.82) is 0 Å².